The highest BCUT2D eigenvalue weighted by molar-refractivity contribution is 7.92. The van der Waals surface area contributed by atoms with Crippen LogP contribution in [0.4, 0.5) is 20.2 Å². The third kappa shape index (κ3) is 5.86. The first kappa shape index (κ1) is 21.9. The fraction of sp³-hybridized carbons (Fsp3) is 0.0476. The van der Waals surface area contributed by atoms with Crippen LogP contribution >= 0.6 is 0 Å². The number of anilines is 2. The first-order chi connectivity index (χ1) is 14.7. The molecule has 0 spiro atoms. The molecule has 0 bridgehead atoms. The molecule has 0 saturated heterocycles. The molecule has 3 rings (SSSR count). The van der Waals surface area contributed by atoms with E-state index in [1.807, 2.05) is 0 Å². The molecule has 0 aliphatic rings. The van der Waals surface area contributed by atoms with Gasteiger partial charge in [0, 0.05) is 5.69 Å². The Bertz CT molecular complexity index is 1210. The molecule has 0 atom stereocenters. The van der Waals surface area contributed by atoms with E-state index in [0.29, 0.717) is 0 Å². The van der Waals surface area contributed by atoms with Crippen molar-refractivity contribution in [1.29, 1.82) is 0 Å². The summed E-state index contributed by atoms with van der Waals surface area (Å²) in [6, 6.07) is 14.9. The van der Waals surface area contributed by atoms with Crippen molar-refractivity contribution in [3.63, 3.8) is 0 Å². The van der Waals surface area contributed by atoms with Crippen LogP contribution in [0.1, 0.15) is 10.4 Å². The molecule has 0 saturated carbocycles. The number of halogens is 2. The second-order valence-electron chi connectivity index (χ2n) is 6.24. The minimum atomic E-state index is -4.10. The summed E-state index contributed by atoms with van der Waals surface area (Å²) in [5.41, 5.74) is -0.0254. The molecule has 0 fully saturated rings. The highest BCUT2D eigenvalue weighted by atomic mass is 32.2. The second-order valence-corrected chi connectivity index (χ2v) is 7.92. The van der Waals surface area contributed by atoms with Crippen LogP contribution in [0, 0.1) is 11.6 Å². The van der Waals surface area contributed by atoms with Crippen molar-refractivity contribution in [3.8, 4) is 0 Å². The molecule has 2 N–H and O–H groups in total. The van der Waals surface area contributed by atoms with Crippen LogP contribution < -0.4 is 10.0 Å². The summed E-state index contributed by atoms with van der Waals surface area (Å²) in [6.45, 7) is -0.672. The Morgan fingerprint density at radius 3 is 2.29 bits per heavy atom. The number of benzene rings is 3. The van der Waals surface area contributed by atoms with Gasteiger partial charge in [-0.3, -0.25) is 9.52 Å². The summed E-state index contributed by atoms with van der Waals surface area (Å²) in [5, 5.41) is 2.37. The molecule has 0 heterocycles. The van der Waals surface area contributed by atoms with Crippen LogP contribution in [0.25, 0.3) is 0 Å². The fourth-order valence-corrected chi connectivity index (χ4v) is 3.62. The minimum absolute atomic E-state index is 0.0811. The third-order valence-corrected chi connectivity index (χ3v) is 5.34. The standard InChI is InChI=1S/C21H16F2N2O5S/c22-14-8-10-17(11-9-14)31(28,29)25-19-7-2-1-6-18(19)21(27)30-13-20(26)24-16-5-3-4-15(23)12-16/h1-12,25H,13H2,(H,24,26). The topological polar surface area (TPSA) is 102 Å². The van der Waals surface area contributed by atoms with E-state index in [1.165, 1.54) is 42.5 Å². The average Bonchev–Trinajstić information content (AvgIpc) is 2.72. The van der Waals surface area contributed by atoms with Crippen molar-refractivity contribution in [1.82, 2.24) is 0 Å². The number of sulfonamides is 1. The predicted octanol–water partition coefficient (Wildman–Crippen LogP) is 3.56. The van der Waals surface area contributed by atoms with Gasteiger partial charge in [0.05, 0.1) is 16.1 Å². The molecular formula is C21H16F2N2O5S. The number of carbonyl (C=O) groups is 2. The van der Waals surface area contributed by atoms with Gasteiger partial charge < -0.3 is 10.1 Å². The van der Waals surface area contributed by atoms with Gasteiger partial charge in [-0.05, 0) is 54.6 Å². The van der Waals surface area contributed by atoms with Gasteiger partial charge in [0.15, 0.2) is 6.61 Å². The predicted molar refractivity (Wildman–Crippen MR) is 109 cm³/mol. The number of hydrogen-bond donors (Lipinski definition) is 2. The zero-order chi connectivity index (χ0) is 22.4. The van der Waals surface area contributed by atoms with Crippen LogP contribution in [0.15, 0.2) is 77.7 Å². The van der Waals surface area contributed by atoms with Crippen molar-refractivity contribution in [3.05, 3.63) is 90.0 Å². The Morgan fingerprint density at radius 2 is 1.58 bits per heavy atom. The van der Waals surface area contributed by atoms with Crippen LogP contribution in [0.3, 0.4) is 0 Å². The Hall–Kier alpha value is -3.79. The van der Waals surface area contributed by atoms with Gasteiger partial charge in [-0.15, -0.1) is 0 Å². The third-order valence-electron chi connectivity index (χ3n) is 3.96. The van der Waals surface area contributed by atoms with Gasteiger partial charge in [0.2, 0.25) is 0 Å². The molecule has 0 aliphatic carbocycles. The van der Waals surface area contributed by atoms with Crippen LogP contribution in [-0.4, -0.2) is 26.9 Å². The van der Waals surface area contributed by atoms with Crippen molar-refractivity contribution in [2.24, 2.45) is 0 Å². The van der Waals surface area contributed by atoms with Crippen molar-refractivity contribution >= 4 is 33.3 Å². The monoisotopic (exact) mass is 446 g/mol. The van der Waals surface area contributed by atoms with Crippen LogP contribution in [0.5, 0.6) is 0 Å². The molecule has 160 valence electrons. The number of ether oxygens (including phenoxy) is 1. The Morgan fingerprint density at radius 1 is 0.871 bits per heavy atom. The summed E-state index contributed by atoms with van der Waals surface area (Å²) in [6.07, 6.45) is 0. The largest absolute Gasteiger partial charge is 0.452 e. The van der Waals surface area contributed by atoms with Gasteiger partial charge in [0.1, 0.15) is 11.6 Å². The first-order valence-corrected chi connectivity index (χ1v) is 10.3. The summed E-state index contributed by atoms with van der Waals surface area (Å²) < 4.78 is 58.4. The van der Waals surface area contributed by atoms with E-state index in [1.54, 1.807) is 0 Å². The van der Waals surface area contributed by atoms with Gasteiger partial charge >= 0.3 is 5.97 Å². The number of esters is 1. The smallest absolute Gasteiger partial charge is 0.340 e. The Balaban J connectivity index is 1.68. The molecule has 31 heavy (non-hydrogen) atoms. The summed E-state index contributed by atoms with van der Waals surface area (Å²) in [5.74, 6) is -2.80. The molecule has 10 heteroatoms. The van der Waals surface area contributed by atoms with Crippen molar-refractivity contribution in [2.75, 3.05) is 16.6 Å². The number of carbonyl (C=O) groups excluding carboxylic acids is 2. The highest BCUT2D eigenvalue weighted by Gasteiger charge is 2.20. The zero-order valence-electron chi connectivity index (χ0n) is 15.8. The normalized spacial score (nSPS) is 10.9. The SMILES string of the molecule is O=C(COC(=O)c1ccccc1NS(=O)(=O)c1ccc(F)cc1)Nc1cccc(F)c1. The van der Waals surface area contributed by atoms with Gasteiger partial charge in [-0.1, -0.05) is 18.2 Å². The first-order valence-electron chi connectivity index (χ1n) is 8.84. The Kier molecular flexibility index (Phi) is 6.61. The highest BCUT2D eigenvalue weighted by Crippen LogP contribution is 2.21. The van der Waals surface area contributed by atoms with E-state index in [0.717, 1.165) is 30.3 Å². The van der Waals surface area contributed by atoms with E-state index in [-0.39, 0.29) is 21.8 Å². The number of para-hydroxylation sites is 1. The number of nitrogens with one attached hydrogen (secondary N) is 2. The minimum Gasteiger partial charge on any atom is -0.452 e. The van der Waals surface area contributed by atoms with E-state index >= 15 is 0 Å². The zero-order valence-corrected chi connectivity index (χ0v) is 16.7. The summed E-state index contributed by atoms with van der Waals surface area (Å²) in [4.78, 5) is 24.1. The van der Waals surface area contributed by atoms with Gasteiger partial charge in [-0.25, -0.2) is 22.0 Å². The molecule has 0 aromatic heterocycles. The van der Waals surface area contributed by atoms with Crippen LogP contribution in [-0.2, 0) is 19.6 Å². The molecule has 1 amide bonds. The molecule has 0 unspecified atom stereocenters. The summed E-state index contributed by atoms with van der Waals surface area (Å²) in [7, 11) is -4.10. The van der Waals surface area contributed by atoms with Gasteiger partial charge in [-0.2, -0.15) is 0 Å². The van der Waals surface area contributed by atoms with Crippen LogP contribution in [0.2, 0.25) is 0 Å². The van der Waals surface area contributed by atoms with E-state index < -0.39 is 40.1 Å². The lowest BCUT2D eigenvalue weighted by Gasteiger charge is -2.12. The lowest BCUT2D eigenvalue weighted by atomic mass is 10.2. The maximum Gasteiger partial charge on any atom is 0.340 e. The maximum absolute atomic E-state index is 13.2. The molecule has 7 nitrogen and oxygen atoms in total. The molecule has 0 radical (unpaired) electrons. The number of hydrogen-bond acceptors (Lipinski definition) is 5. The lowest BCUT2D eigenvalue weighted by Crippen LogP contribution is -2.22. The van der Waals surface area contributed by atoms with E-state index in [2.05, 4.69) is 10.0 Å². The molecule has 3 aromatic rings. The van der Waals surface area contributed by atoms with E-state index in [9.17, 15) is 26.8 Å². The Labute approximate surface area is 176 Å². The fourth-order valence-electron chi connectivity index (χ4n) is 2.54. The molecule has 3 aromatic carbocycles. The second kappa shape index (κ2) is 9.35. The lowest BCUT2D eigenvalue weighted by molar-refractivity contribution is -0.119. The molecular weight excluding hydrogens is 430 g/mol. The maximum atomic E-state index is 13.2. The van der Waals surface area contributed by atoms with Crippen molar-refractivity contribution < 1.29 is 31.5 Å². The van der Waals surface area contributed by atoms with Gasteiger partial charge in [0.25, 0.3) is 15.9 Å². The molecule has 0 aliphatic heterocycles. The van der Waals surface area contributed by atoms with Crippen molar-refractivity contribution in [2.45, 2.75) is 4.90 Å². The summed E-state index contributed by atoms with van der Waals surface area (Å²) >= 11 is 0. The average molecular weight is 446 g/mol. The quantitative estimate of drug-likeness (QED) is 0.541. The van der Waals surface area contributed by atoms with E-state index in [4.69, 9.17) is 4.74 Å². The number of amides is 1. The number of rotatable bonds is 7.